The molecule has 0 spiro atoms. The highest BCUT2D eigenvalue weighted by Gasteiger charge is 2.18. The lowest BCUT2D eigenvalue weighted by Gasteiger charge is -2.13. The van der Waals surface area contributed by atoms with Gasteiger partial charge in [0.05, 0.1) is 13.0 Å². The van der Waals surface area contributed by atoms with Gasteiger partial charge in [-0.05, 0) is 30.5 Å². The smallest absolute Gasteiger partial charge is 0.306 e. The lowest BCUT2D eigenvalue weighted by molar-refractivity contribution is -0.141. The van der Waals surface area contributed by atoms with Crippen molar-refractivity contribution in [2.24, 2.45) is 5.92 Å². The maximum absolute atomic E-state index is 11.0. The number of hydrogen-bond acceptors (Lipinski definition) is 3. The van der Waals surface area contributed by atoms with Gasteiger partial charge in [0.25, 0.3) is 0 Å². The highest BCUT2D eigenvalue weighted by Crippen LogP contribution is 2.33. The molecule has 0 amide bonds. The van der Waals surface area contributed by atoms with Gasteiger partial charge in [0.15, 0.2) is 11.5 Å². The Labute approximate surface area is 108 Å². The average Bonchev–Trinajstić information content (AvgIpc) is 2.27. The third kappa shape index (κ3) is 3.36. The van der Waals surface area contributed by atoms with Crippen molar-refractivity contribution in [3.05, 3.63) is 22.2 Å². The van der Waals surface area contributed by atoms with E-state index in [1.54, 1.807) is 6.07 Å². The van der Waals surface area contributed by atoms with Crippen LogP contribution in [0.3, 0.4) is 0 Å². The normalized spacial score (nSPS) is 12.2. The predicted molar refractivity (Wildman–Crippen MR) is 67.5 cm³/mol. The third-order valence-corrected chi connectivity index (χ3v) is 3.39. The van der Waals surface area contributed by atoms with E-state index in [4.69, 9.17) is 9.84 Å². The molecule has 5 heteroatoms. The van der Waals surface area contributed by atoms with Crippen LogP contribution in [0.15, 0.2) is 16.6 Å². The summed E-state index contributed by atoms with van der Waals surface area (Å²) in [6.07, 6.45) is 0.966. The van der Waals surface area contributed by atoms with Gasteiger partial charge in [-0.2, -0.15) is 0 Å². The first kappa shape index (κ1) is 13.8. The third-order valence-electron chi connectivity index (χ3n) is 2.66. The number of carboxylic acids is 1. The van der Waals surface area contributed by atoms with E-state index in [2.05, 4.69) is 15.9 Å². The molecule has 17 heavy (non-hydrogen) atoms. The lowest BCUT2D eigenvalue weighted by Crippen LogP contribution is -2.15. The average molecular weight is 303 g/mol. The molecule has 94 valence electrons. The van der Waals surface area contributed by atoms with E-state index < -0.39 is 11.9 Å². The molecule has 0 radical (unpaired) electrons. The quantitative estimate of drug-likeness (QED) is 0.878. The number of aliphatic carboxylic acids is 1. The van der Waals surface area contributed by atoms with E-state index in [0.29, 0.717) is 23.1 Å². The highest BCUT2D eigenvalue weighted by molar-refractivity contribution is 9.10. The topological polar surface area (TPSA) is 66.8 Å². The zero-order valence-corrected chi connectivity index (χ0v) is 11.3. The Bertz CT molecular complexity index is 417. The summed E-state index contributed by atoms with van der Waals surface area (Å²) in [4.78, 5) is 11.0. The van der Waals surface area contributed by atoms with Gasteiger partial charge in [0.1, 0.15) is 0 Å². The number of hydrogen-bond donors (Lipinski definition) is 2. The Morgan fingerprint density at radius 2 is 2.18 bits per heavy atom. The second-order valence-electron chi connectivity index (χ2n) is 3.76. The summed E-state index contributed by atoms with van der Waals surface area (Å²) in [6.45, 7) is 1.84. The largest absolute Gasteiger partial charge is 0.504 e. The second-order valence-corrected chi connectivity index (χ2v) is 4.62. The molecule has 1 aromatic rings. The zero-order chi connectivity index (χ0) is 13.0. The minimum atomic E-state index is -0.813. The molecule has 0 bridgehead atoms. The second kappa shape index (κ2) is 5.91. The van der Waals surface area contributed by atoms with Gasteiger partial charge >= 0.3 is 5.97 Å². The number of halogens is 1. The molecule has 0 fully saturated rings. The maximum Gasteiger partial charge on any atom is 0.306 e. The number of phenolic OH excluding ortho intramolecular Hbond substituents is 1. The Balaban J connectivity index is 3.01. The maximum atomic E-state index is 11.0. The van der Waals surface area contributed by atoms with E-state index in [-0.39, 0.29) is 5.75 Å². The summed E-state index contributed by atoms with van der Waals surface area (Å²) in [5.41, 5.74) is 0.814. The fourth-order valence-corrected chi connectivity index (χ4v) is 2.07. The fraction of sp³-hybridized carbons (Fsp3) is 0.417. The van der Waals surface area contributed by atoms with Gasteiger partial charge in [-0.15, -0.1) is 0 Å². The zero-order valence-electron chi connectivity index (χ0n) is 9.74. The molecule has 0 heterocycles. The molecule has 0 aromatic heterocycles. The standard InChI is InChI=1S/C12H15BrO4/c1-3-7(12(15)16)4-8-5-11(17-2)10(14)6-9(8)13/h5-7,14H,3-4H2,1-2H3,(H,15,16). The first-order chi connectivity index (χ1) is 7.99. The highest BCUT2D eigenvalue weighted by atomic mass is 79.9. The van der Waals surface area contributed by atoms with Crippen molar-refractivity contribution in [3.63, 3.8) is 0 Å². The monoisotopic (exact) mass is 302 g/mol. The summed E-state index contributed by atoms with van der Waals surface area (Å²) in [5, 5.41) is 18.6. The lowest BCUT2D eigenvalue weighted by atomic mass is 9.97. The van der Waals surface area contributed by atoms with Crippen molar-refractivity contribution in [1.82, 2.24) is 0 Å². The van der Waals surface area contributed by atoms with Crippen LogP contribution in [0, 0.1) is 5.92 Å². The molecular weight excluding hydrogens is 288 g/mol. The SMILES string of the molecule is CCC(Cc1cc(OC)c(O)cc1Br)C(=O)O. The van der Waals surface area contributed by atoms with E-state index in [0.717, 1.165) is 5.56 Å². The van der Waals surface area contributed by atoms with Crippen LogP contribution in [0.1, 0.15) is 18.9 Å². The summed E-state index contributed by atoms with van der Waals surface area (Å²) in [7, 11) is 1.46. The van der Waals surface area contributed by atoms with Crippen LogP contribution in [0.2, 0.25) is 0 Å². The van der Waals surface area contributed by atoms with Crippen molar-refractivity contribution in [3.8, 4) is 11.5 Å². The number of carbonyl (C=O) groups is 1. The summed E-state index contributed by atoms with van der Waals surface area (Å²) in [6, 6.07) is 3.17. The van der Waals surface area contributed by atoms with Crippen LogP contribution in [0.25, 0.3) is 0 Å². The van der Waals surface area contributed by atoms with Crippen LogP contribution in [-0.2, 0) is 11.2 Å². The van der Waals surface area contributed by atoms with E-state index in [9.17, 15) is 9.90 Å². The van der Waals surface area contributed by atoms with Crippen LogP contribution >= 0.6 is 15.9 Å². The van der Waals surface area contributed by atoms with Gasteiger partial charge in [-0.1, -0.05) is 22.9 Å². The Kier molecular flexibility index (Phi) is 4.81. The van der Waals surface area contributed by atoms with Crippen molar-refractivity contribution < 1.29 is 19.7 Å². The molecular formula is C12H15BrO4. The van der Waals surface area contributed by atoms with Crippen molar-refractivity contribution in [2.75, 3.05) is 7.11 Å². The minimum Gasteiger partial charge on any atom is -0.504 e. The van der Waals surface area contributed by atoms with Crippen LogP contribution in [0.5, 0.6) is 11.5 Å². The minimum absolute atomic E-state index is 0.0338. The Hall–Kier alpha value is -1.23. The molecule has 1 atom stereocenters. The van der Waals surface area contributed by atoms with Crippen LogP contribution < -0.4 is 4.74 Å². The number of ether oxygens (including phenoxy) is 1. The van der Waals surface area contributed by atoms with E-state index in [1.807, 2.05) is 6.92 Å². The summed E-state index contributed by atoms with van der Waals surface area (Å²) in [5.74, 6) is -0.859. The number of rotatable bonds is 5. The predicted octanol–water partition coefficient (Wildman–Crippen LogP) is 2.82. The van der Waals surface area contributed by atoms with Crippen molar-refractivity contribution in [2.45, 2.75) is 19.8 Å². The number of carboxylic acid groups (broad SMARTS) is 1. The molecule has 0 aliphatic carbocycles. The van der Waals surface area contributed by atoms with Gasteiger partial charge in [-0.3, -0.25) is 4.79 Å². The fourth-order valence-electron chi connectivity index (χ4n) is 1.58. The molecule has 1 aromatic carbocycles. The number of methoxy groups -OCH3 is 1. The molecule has 0 aliphatic rings. The molecule has 0 aliphatic heterocycles. The molecule has 0 saturated carbocycles. The number of aromatic hydroxyl groups is 1. The van der Waals surface area contributed by atoms with E-state index in [1.165, 1.54) is 13.2 Å². The summed E-state index contributed by atoms with van der Waals surface area (Å²) < 4.78 is 5.69. The summed E-state index contributed by atoms with van der Waals surface area (Å²) >= 11 is 3.31. The van der Waals surface area contributed by atoms with Gasteiger partial charge < -0.3 is 14.9 Å². The Morgan fingerprint density at radius 1 is 1.53 bits per heavy atom. The van der Waals surface area contributed by atoms with Gasteiger partial charge in [0, 0.05) is 4.47 Å². The molecule has 2 N–H and O–H groups in total. The van der Waals surface area contributed by atoms with Crippen molar-refractivity contribution in [1.29, 1.82) is 0 Å². The van der Waals surface area contributed by atoms with Crippen molar-refractivity contribution >= 4 is 21.9 Å². The van der Waals surface area contributed by atoms with Gasteiger partial charge in [-0.25, -0.2) is 0 Å². The first-order valence-electron chi connectivity index (χ1n) is 5.27. The molecule has 1 unspecified atom stereocenters. The Morgan fingerprint density at radius 3 is 2.65 bits per heavy atom. The van der Waals surface area contributed by atoms with Gasteiger partial charge in [0.2, 0.25) is 0 Å². The molecule has 4 nitrogen and oxygen atoms in total. The van der Waals surface area contributed by atoms with E-state index >= 15 is 0 Å². The van der Waals surface area contributed by atoms with Crippen LogP contribution in [-0.4, -0.2) is 23.3 Å². The number of benzene rings is 1. The van der Waals surface area contributed by atoms with Crippen LogP contribution in [0.4, 0.5) is 0 Å². The molecule has 0 saturated heterocycles. The number of phenols is 1. The molecule has 1 rings (SSSR count). The first-order valence-corrected chi connectivity index (χ1v) is 6.07.